The number of anilines is 4. The molecule has 0 saturated heterocycles. The van der Waals surface area contributed by atoms with Crippen LogP contribution in [0.1, 0.15) is 17.3 Å². The number of fused-ring (bicyclic) bond motifs is 7. The molecule has 1 atom stereocenters. The summed E-state index contributed by atoms with van der Waals surface area (Å²) in [7, 11) is 0. The molecule has 1 unspecified atom stereocenters. The number of para-hydroxylation sites is 4. The Bertz CT molecular complexity index is 3400. The Morgan fingerprint density at radius 3 is 1.93 bits per heavy atom. The van der Waals surface area contributed by atoms with Crippen molar-refractivity contribution in [2.24, 2.45) is 4.99 Å². The largest absolute Gasteiger partial charge is 0.455 e. The SMILES string of the molecule is c1ccc(C2N=C(c3cccc4c3oc3ccccc34)N2c2ccc(-c3ccc(N(c4ccccc4)c4ccc5ccccc5c4)c4oc5ccccc5c34)cc2)cc1. The van der Waals surface area contributed by atoms with Crippen molar-refractivity contribution in [3.63, 3.8) is 0 Å². The predicted octanol–water partition coefficient (Wildman–Crippen LogP) is 14.7. The lowest BCUT2D eigenvalue weighted by Gasteiger charge is -2.40. The van der Waals surface area contributed by atoms with E-state index in [-0.39, 0.29) is 6.17 Å². The highest BCUT2D eigenvalue weighted by Gasteiger charge is 2.36. The maximum Gasteiger partial charge on any atom is 0.160 e. The van der Waals surface area contributed by atoms with E-state index < -0.39 is 0 Å². The van der Waals surface area contributed by atoms with Gasteiger partial charge in [0.25, 0.3) is 0 Å². The van der Waals surface area contributed by atoms with E-state index in [4.69, 9.17) is 13.8 Å². The third-order valence-electron chi connectivity index (χ3n) is 11.7. The van der Waals surface area contributed by atoms with Crippen molar-refractivity contribution in [3.05, 3.63) is 217 Å². The molecule has 5 heteroatoms. The van der Waals surface area contributed by atoms with Crippen LogP contribution in [0.2, 0.25) is 0 Å². The van der Waals surface area contributed by atoms with Crippen molar-refractivity contribution in [2.75, 3.05) is 9.80 Å². The minimum absolute atomic E-state index is 0.167. The summed E-state index contributed by atoms with van der Waals surface area (Å²) in [6.07, 6.45) is -0.167. The van der Waals surface area contributed by atoms with Crippen LogP contribution in [-0.4, -0.2) is 5.84 Å². The fourth-order valence-electron chi connectivity index (χ4n) is 8.88. The molecule has 278 valence electrons. The summed E-state index contributed by atoms with van der Waals surface area (Å²) in [6, 6.07) is 72.4. The zero-order valence-corrected chi connectivity index (χ0v) is 31.9. The van der Waals surface area contributed by atoms with Gasteiger partial charge in [-0.3, -0.25) is 4.90 Å². The Balaban J connectivity index is 0.991. The standard InChI is InChI=1S/C54H35N3O2/c1-3-15-37(16-4-1)53-55-54(46-23-13-22-44-43-20-9-11-24-48(43)58-51(44)46)57(53)40-29-27-36(28-30-40)42-32-33-47(52-50(42)45-21-10-12-25-49(45)59-52)56(39-18-5-2-6-19-39)41-31-26-35-14-7-8-17-38(35)34-41/h1-34,53H. The number of aliphatic imine (C=N–C) groups is 1. The van der Waals surface area contributed by atoms with Crippen LogP contribution in [0.4, 0.5) is 22.7 Å². The van der Waals surface area contributed by atoms with E-state index in [0.29, 0.717) is 0 Å². The number of benzene rings is 9. The van der Waals surface area contributed by atoms with E-state index in [0.717, 1.165) is 94.7 Å². The second-order valence-electron chi connectivity index (χ2n) is 15.1. The van der Waals surface area contributed by atoms with Gasteiger partial charge in [0.05, 0.1) is 11.3 Å². The Morgan fingerprint density at radius 2 is 1.12 bits per heavy atom. The molecule has 5 nitrogen and oxygen atoms in total. The highest BCUT2D eigenvalue weighted by atomic mass is 16.3. The van der Waals surface area contributed by atoms with E-state index in [9.17, 15) is 0 Å². The van der Waals surface area contributed by atoms with Crippen LogP contribution < -0.4 is 9.80 Å². The van der Waals surface area contributed by atoms with Gasteiger partial charge in [0.1, 0.15) is 22.6 Å². The molecular weight excluding hydrogens is 723 g/mol. The van der Waals surface area contributed by atoms with Crippen molar-refractivity contribution in [3.8, 4) is 11.1 Å². The Morgan fingerprint density at radius 1 is 0.458 bits per heavy atom. The number of furan rings is 2. The van der Waals surface area contributed by atoms with Crippen molar-refractivity contribution in [2.45, 2.75) is 6.17 Å². The smallest absolute Gasteiger partial charge is 0.160 e. The van der Waals surface area contributed by atoms with Gasteiger partial charge in [-0.25, -0.2) is 4.99 Å². The van der Waals surface area contributed by atoms with Crippen molar-refractivity contribution < 1.29 is 8.83 Å². The minimum atomic E-state index is -0.167. The van der Waals surface area contributed by atoms with E-state index in [1.165, 1.54) is 10.8 Å². The van der Waals surface area contributed by atoms with Gasteiger partial charge in [-0.2, -0.15) is 0 Å². The molecule has 0 fully saturated rings. The molecule has 11 aromatic rings. The summed E-state index contributed by atoms with van der Waals surface area (Å²) in [5.41, 5.74) is 11.9. The number of hydrogen-bond donors (Lipinski definition) is 0. The van der Waals surface area contributed by atoms with Crippen LogP contribution in [-0.2, 0) is 0 Å². The molecule has 3 heterocycles. The number of rotatable bonds is 7. The zero-order valence-electron chi connectivity index (χ0n) is 31.9. The third-order valence-corrected chi connectivity index (χ3v) is 11.7. The quantitative estimate of drug-likeness (QED) is 0.162. The topological polar surface area (TPSA) is 45.1 Å². The van der Waals surface area contributed by atoms with Crippen LogP contribution in [0.5, 0.6) is 0 Å². The molecule has 0 amide bonds. The summed E-state index contributed by atoms with van der Waals surface area (Å²) in [5, 5.41) is 6.74. The first-order valence-corrected chi connectivity index (χ1v) is 20.0. The molecule has 2 aromatic heterocycles. The number of nitrogens with zero attached hydrogens (tertiary/aromatic N) is 3. The first-order chi connectivity index (χ1) is 29.3. The Hall–Kier alpha value is -7.89. The van der Waals surface area contributed by atoms with Crippen LogP contribution in [0, 0.1) is 0 Å². The normalized spacial score (nSPS) is 14.0. The molecule has 1 aliphatic heterocycles. The summed E-state index contributed by atoms with van der Waals surface area (Å²) in [5.74, 6) is 0.888. The molecule has 9 aromatic carbocycles. The molecule has 0 bridgehead atoms. The average molecular weight is 758 g/mol. The summed E-state index contributed by atoms with van der Waals surface area (Å²) < 4.78 is 13.3. The number of amidine groups is 1. The second kappa shape index (κ2) is 13.4. The summed E-state index contributed by atoms with van der Waals surface area (Å²) >= 11 is 0. The monoisotopic (exact) mass is 757 g/mol. The molecule has 59 heavy (non-hydrogen) atoms. The van der Waals surface area contributed by atoms with Gasteiger partial charge in [-0.1, -0.05) is 146 Å². The summed E-state index contributed by atoms with van der Waals surface area (Å²) in [4.78, 5) is 9.88. The number of hydrogen-bond acceptors (Lipinski definition) is 5. The van der Waals surface area contributed by atoms with E-state index >= 15 is 0 Å². The van der Waals surface area contributed by atoms with Gasteiger partial charge in [0.2, 0.25) is 0 Å². The van der Waals surface area contributed by atoms with Gasteiger partial charge in [-0.15, -0.1) is 0 Å². The van der Waals surface area contributed by atoms with Crippen molar-refractivity contribution >= 4 is 83.2 Å². The maximum absolute atomic E-state index is 6.85. The molecular formula is C54H35N3O2. The fraction of sp³-hybridized carbons (Fsp3) is 0.0185. The highest BCUT2D eigenvalue weighted by Crippen LogP contribution is 2.47. The van der Waals surface area contributed by atoms with Crippen molar-refractivity contribution in [1.29, 1.82) is 0 Å². The molecule has 0 saturated carbocycles. The zero-order chi connectivity index (χ0) is 38.9. The van der Waals surface area contributed by atoms with Gasteiger partial charge in [0.15, 0.2) is 11.7 Å². The Kier molecular flexibility index (Phi) is 7.53. The molecule has 0 aliphatic carbocycles. The van der Waals surface area contributed by atoms with Gasteiger partial charge in [-0.05, 0) is 88.1 Å². The van der Waals surface area contributed by atoms with E-state index in [2.05, 4.69) is 192 Å². The van der Waals surface area contributed by atoms with Crippen LogP contribution >= 0.6 is 0 Å². The predicted molar refractivity (Wildman–Crippen MR) is 243 cm³/mol. The van der Waals surface area contributed by atoms with Crippen LogP contribution in [0.25, 0.3) is 65.8 Å². The highest BCUT2D eigenvalue weighted by molar-refractivity contribution is 6.22. The molecule has 0 radical (unpaired) electrons. The third kappa shape index (κ3) is 5.36. The Labute approximate surface area is 340 Å². The lowest BCUT2D eigenvalue weighted by atomic mass is 9.97. The van der Waals surface area contributed by atoms with Gasteiger partial charge in [0, 0.05) is 38.6 Å². The molecule has 1 aliphatic rings. The molecule has 12 rings (SSSR count). The van der Waals surface area contributed by atoms with E-state index in [1.54, 1.807) is 0 Å². The fourth-order valence-corrected chi connectivity index (χ4v) is 8.88. The van der Waals surface area contributed by atoms with Gasteiger partial charge < -0.3 is 13.7 Å². The lowest BCUT2D eigenvalue weighted by Crippen LogP contribution is -2.43. The first-order valence-electron chi connectivity index (χ1n) is 20.0. The molecule has 0 spiro atoms. The molecule has 0 N–H and O–H groups in total. The van der Waals surface area contributed by atoms with Gasteiger partial charge >= 0.3 is 0 Å². The van der Waals surface area contributed by atoms with E-state index in [1.807, 2.05) is 24.3 Å². The summed E-state index contributed by atoms with van der Waals surface area (Å²) in [6.45, 7) is 0. The van der Waals surface area contributed by atoms with Crippen molar-refractivity contribution in [1.82, 2.24) is 0 Å². The van der Waals surface area contributed by atoms with Crippen LogP contribution in [0.15, 0.2) is 220 Å². The first kappa shape index (κ1) is 33.3. The minimum Gasteiger partial charge on any atom is -0.455 e. The second-order valence-corrected chi connectivity index (χ2v) is 15.1. The maximum atomic E-state index is 6.85. The lowest BCUT2D eigenvalue weighted by molar-refractivity contribution is 0.661. The van der Waals surface area contributed by atoms with Crippen LogP contribution in [0.3, 0.4) is 0 Å². The average Bonchev–Trinajstić information content (AvgIpc) is 3.87.